The lowest BCUT2D eigenvalue weighted by atomic mass is 9.87. The van der Waals surface area contributed by atoms with Gasteiger partial charge in [0.2, 0.25) is 5.91 Å². The zero-order chi connectivity index (χ0) is 19.9. The van der Waals surface area contributed by atoms with E-state index in [4.69, 9.17) is 4.74 Å². The highest BCUT2D eigenvalue weighted by atomic mass is 32.2. The molecular weight excluding hydrogens is 372 g/mol. The first-order chi connectivity index (χ1) is 13.6. The van der Waals surface area contributed by atoms with Crippen LogP contribution in [-0.2, 0) is 11.2 Å². The van der Waals surface area contributed by atoms with Gasteiger partial charge in [-0.2, -0.15) is 5.26 Å². The van der Waals surface area contributed by atoms with Gasteiger partial charge in [0.15, 0.2) is 11.5 Å². The monoisotopic (exact) mass is 394 g/mol. The number of nitriles is 1. The highest BCUT2D eigenvalue weighted by molar-refractivity contribution is 8.03. The number of aromatic hydroxyl groups is 1. The number of phenols is 1. The van der Waals surface area contributed by atoms with Gasteiger partial charge in [0.05, 0.1) is 23.3 Å². The van der Waals surface area contributed by atoms with E-state index >= 15 is 0 Å². The average molecular weight is 394 g/mol. The zero-order valence-electron chi connectivity index (χ0n) is 15.6. The first-order valence-electron chi connectivity index (χ1n) is 9.19. The third kappa shape index (κ3) is 4.68. The fourth-order valence-corrected chi connectivity index (χ4v) is 4.22. The Morgan fingerprint density at radius 3 is 2.79 bits per heavy atom. The molecule has 2 aromatic rings. The van der Waals surface area contributed by atoms with E-state index < -0.39 is 0 Å². The maximum Gasteiger partial charge on any atom is 0.225 e. The molecule has 5 nitrogen and oxygen atoms in total. The van der Waals surface area contributed by atoms with E-state index in [0.29, 0.717) is 23.0 Å². The number of carbonyl (C=O) groups excluding carboxylic acids is 1. The van der Waals surface area contributed by atoms with E-state index in [2.05, 4.69) is 23.5 Å². The number of nitrogens with one attached hydrogen (secondary N) is 1. The van der Waals surface area contributed by atoms with Crippen LogP contribution in [-0.4, -0.2) is 23.4 Å². The van der Waals surface area contributed by atoms with Crippen molar-refractivity contribution in [1.29, 1.82) is 5.26 Å². The molecule has 0 aromatic heterocycles. The first-order valence-corrected chi connectivity index (χ1v) is 10.2. The van der Waals surface area contributed by atoms with Crippen molar-refractivity contribution in [3.8, 4) is 17.6 Å². The number of phenolic OH excluding ortho intramolecular Hbond substituents is 1. The second-order valence-electron chi connectivity index (χ2n) is 6.40. The molecule has 6 heteroatoms. The molecule has 1 amide bonds. The topological polar surface area (TPSA) is 82.3 Å². The van der Waals surface area contributed by atoms with E-state index in [-0.39, 0.29) is 24.0 Å². The quantitative estimate of drug-likeness (QED) is 0.739. The zero-order valence-corrected chi connectivity index (χ0v) is 16.5. The second kappa shape index (κ2) is 9.34. The molecule has 1 aliphatic rings. The predicted octanol–water partition coefficient (Wildman–Crippen LogP) is 4.11. The molecule has 0 fully saturated rings. The second-order valence-corrected chi connectivity index (χ2v) is 7.51. The van der Waals surface area contributed by atoms with Crippen LogP contribution in [0.25, 0.3) is 0 Å². The number of rotatable bonds is 7. The third-order valence-corrected chi connectivity index (χ3v) is 5.54. The lowest BCUT2D eigenvalue weighted by molar-refractivity contribution is -0.120. The molecular formula is C22H22N2O3S. The molecule has 0 saturated heterocycles. The molecule has 1 heterocycles. The van der Waals surface area contributed by atoms with Gasteiger partial charge in [-0.3, -0.25) is 4.79 Å². The van der Waals surface area contributed by atoms with Crippen molar-refractivity contribution in [2.45, 2.75) is 25.7 Å². The van der Waals surface area contributed by atoms with Gasteiger partial charge in [-0.05, 0) is 36.6 Å². The number of carbonyl (C=O) groups is 1. The number of allylic oxidation sites excluding steroid dienone is 1. The molecule has 0 aliphatic carbocycles. The summed E-state index contributed by atoms with van der Waals surface area (Å²) in [4.78, 5) is 12.3. The smallest absolute Gasteiger partial charge is 0.225 e. The van der Waals surface area contributed by atoms with Gasteiger partial charge in [0.1, 0.15) is 0 Å². The fourth-order valence-electron chi connectivity index (χ4n) is 3.15. The van der Waals surface area contributed by atoms with Gasteiger partial charge >= 0.3 is 0 Å². The highest BCUT2D eigenvalue weighted by Gasteiger charge is 2.30. The Kier molecular flexibility index (Phi) is 6.62. The minimum atomic E-state index is -0.349. The number of hydrogen-bond acceptors (Lipinski definition) is 5. The standard InChI is InChI=1S/C22H22N2O3S/c1-2-27-20-12-16(8-9-19(20)25)17-13-21(26)24-22(18(17)14-23)28-11-10-15-6-4-3-5-7-15/h3-9,12,17,25H,2,10-11,13H2,1H3,(H,24,26). The van der Waals surface area contributed by atoms with Crippen molar-refractivity contribution in [3.63, 3.8) is 0 Å². The molecule has 144 valence electrons. The van der Waals surface area contributed by atoms with Crippen LogP contribution in [0.2, 0.25) is 0 Å². The summed E-state index contributed by atoms with van der Waals surface area (Å²) in [5, 5.41) is 23.2. The Hall–Kier alpha value is -2.91. The van der Waals surface area contributed by atoms with Gasteiger partial charge in [-0.25, -0.2) is 0 Å². The SMILES string of the molecule is CCOc1cc(C2CC(=O)NC(SCCc3ccccc3)=C2C#N)ccc1O. The van der Waals surface area contributed by atoms with Crippen molar-refractivity contribution in [1.82, 2.24) is 5.32 Å². The van der Waals surface area contributed by atoms with Crippen LogP contribution in [0.4, 0.5) is 0 Å². The molecule has 1 atom stereocenters. The van der Waals surface area contributed by atoms with E-state index in [9.17, 15) is 15.2 Å². The molecule has 0 spiro atoms. The summed E-state index contributed by atoms with van der Waals surface area (Å²) >= 11 is 1.49. The normalized spacial score (nSPS) is 16.4. The molecule has 28 heavy (non-hydrogen) atoms. The number of nitrogens with zero attached hydrogens (tertiary/aromatic N) is 1. The van der Waals surface area contributed by atoms with E-state index in [0.717, 1.165) is 17.7 Å². The maximum absolute atomic E-state index is 12.3. The highest BCUT2D eigenvalue weighted by Crippen LogP contribution is 2.39. The summed E-state index contributed by atoms with van der Waals surface area (Å²) in [6.07, 6.45) is 1.05. The van der Waals surface area contributed by atoms with Crippen molar-refractivity contribution in [2.24, 2.45) is 0 Å². The average Bonchev–Trinajstić information content (AvgIpc) is 2.70. The summed E-state index contributed by atoms with van der Waals surface area (Å²) in [6, 6.07) is 17.4. The van der Waals surface area contributed by atoms with Gasteiger partial charge in [0, 0.05) is 18.1 Å². The van der Waals surface area contributed by atoms with Crippen LogP contribution in [0, 0.1) is 11.3 Å². The minimum Gasteiger partial charge on any atom is -0.504 e. The lowest BCUT2D eigenvalue weighted by Crippen LogP contribution is -2.31. The number of amides is 1. The Morgan fingerprint density at radius 1 is 1.29 bits per heavy atom. The van der Waals surface area contributed by atoms with Crippen LogP contribution < -0.4 is 10.1 Å². The number of hydrogen-bond donors (Lipinski definition) is 2. The molecule has 1 aliphatic heterocycles. The molecule has 2 N–H and O–H groups in total. The van der Waals surface area contributed by atoms with E-state index in [1.165, 1.54) is 17.3 Å². The fraction of sp³-hybridized carbons (Fsp3) is 0.273. The van der Waals surface area contributed by atoms with Crippen molar-refractivity contribution < 1.29 is 14.6 Å². The Bertz CT molecular complexity index is 919. The van der Waals surface area contributed by atoms with Gasteiger partial charge in [-0.15, -0.1) is 11.8 Å². The van der Waals surface area contributed by atoms with E-state index in [1.54, 1.807) is 18.2 Å². The van der Waals surface area contributed by atoms with Crippen molar-refractivity contribution >= 4 is 17.7 Å². The van der Waals surface area contributed by atoms with Crippen molar-refractivity contribution in [3.05, 3.63) is 70.3 Å². The Morgan fingerprint density at radius 2 is 2.07 bits per heavy atom. The Labute approximate surface area is 169 Å². The summed E-state index contributed by atoms with van der Waals surface area (Å²) in [6.45, 7) is 2.26. The summed E-state index contributed by atoms with van der Waals surface area (Å²) < 4.78 is 5.45. The number of benzene rings is 2. The van der Waals surface area contributed by atoms with Crippen LogP contribution in [0.1, 0.15) is 30.4 Å². The Balaban J connectivity index is 1.82. The van der Waals surface area contributed by atoms with Crippen LogP contribution in [0.5, 0.6) is 11.5 Å². The van der Waals surface area contributed by atoms with Crippen LogP contribution in [0.15, 0.2) is 59.1 Å². The first kappa shape index (κ1) is 19.8. The summed E-state index contributed by atoms with van der Waals surface area (Å²) in [5.74, 6) is 0.708. The van der Waals surface area contributed by atoms with Gasteiger partial charge in [-0.1, -0.05) is 36.4 Å². The van der Waals surface area contributed by atoms with Gasteiger partial charge < -0.3 is 15.2 Å². The van der Waals surface area contributed by atoms with Gasteiger partial charge in [0.25, 0.3) is 0 Å². The summed E-state index contributed by atoms with van der Waals surface area (Å²) in [7, 11) is 0. The van der Waals surface area contributed by atoms with E-state index in [1.807, 2.05) is 25.1 Å². The summed E-state index contributed by atoms with van der Waals surface area (Å²) in [5.41, 5.74) is 2.55. The minimum absolute atomic E-state index is 0.0470. The molecule has 0 bridgehead atoms. The predicted molar refractivity (Wildman–Crippen MR) is 110 cm³/mol. The number of aryl methyl sites for hydroxylation is 1. The van der Waals surface area contributed by atoms with Crippen LogP contribution in [0.3, 0.4) is 0 Å². The molecule has 0 radical (unpaired) electrons. The largest absolute Gasteiger partial charge is 0.504 e. The lowest BCUT2D eigenvalue weighted by Gasteiger charge is -2.25. The molecule has 2 aromatic carbocycles. The van der Waals surface area contributed by atoms with Crippen molar-refractivity contribution in [2.75, 3.05) is 12.4 Å². The number of ether oxygens (including phenoxy) is 1. The number of thioether (sulfide) groups is 1. The maximum atomic E-state index is 12.3. The molecule has 3 rings (SSSR count). The molecule has 0 saturated carbocycles. The third-order valence-electron chi connectivity index (χ3n) is 4.52. The molecule has 1 unspecified atom stereocenters. The van der Waals surface area contributed by atoms with Crippen LogP contribution >= 0.6 is 11.8 Å².